The molecular weight excluding hydrogens is 377 g/mol. The molecule has 2 N–H and O–H groups in total. The highest BCUT2D eigenvalue weighted by atomic mass is 35.5. The molecule has 7 heteroatoms. The Labute approximate surface area is 156 Å². The van der Waals surface area contributed by atoms with Crippen LogP contribution in [0.25, 0.3) is 21.8 Å². The van der Waals surface area contributed by atoms with Crippen LogP contribution in [0.15, 0.2) is 48.5 Å². The van der Waals surface area contributed by atoms with Crippen molar-refractivity contribution in [2.24, 2.45) is 5.73 Å². The Kier molecular flexibility index (Phi) is 4.08. The lowest BCUT2D eigenvalue weighted by molar-refractivity contribution is 0.100. The second kappa shape index (κ2) is 6.32. The molecule has 4 rings (SSSR count). The van der Waals surface area contributed by atoms with E-state index in [1.165, 1.54) is 0 Å². The van der Waals surface area contributed by atoms with Crippen molar-refractivity contribution in [2.45, 2.75) is 6.54 Å². The molecule has 0 aliphatic rings. The third kappa shape index (κ3) is 2.73. The predicted octanol–water partition coefficient (Wildman–Crippen LogP) is 5.01. The number of hydrogen-bond donors (Lipinski definition) is 1. The van der Waals surface area contributed by atoms with Gasteiger partial charge in [0.1, 0.15) is 17.5 Å². The summed E-state index contributed by atoms with van der Waals surface area (Å²) in [4.78, 5) is 11.9. The lowest BCUT2D eigenvalue weighted by atomic mass is 10.1. The van der Waals surface area contributed by atoms with Crippen molar-refractivity contribution < 1.29 is 18.0 Å². The fourth-order valence-electron chi connectivity index (χ4n) is 3.41. The molecule has 27 heavy (non-hydrogen) atoms. The second-order valence-corrected chi connectivity index (χ2v) is 6.54. The van der Waals surface area contributed by atoms with Crippen LogP contribution in [0.1, 0.15) is 15.9 Å². The number of amides is 1. The van der Waals surface area contributed by atoms with Crippen LogP contribution in [0.4, 0.5) is 13.2 Å². The highest BCUT2D eigenvalue weighted by molar-refractivity contribution is 6.37. The van der Waals surface area contributed by atoms with Gasteiger partial charge in [-0.3, -0.25) is 4.79 Å². The maximum atomic E-state index is 14.2. The molecule has 0 bridgehead atoms. The van der Waals surface area contributed by atoms with Crippen LogP contribution >= 0.6 is 11.6 Å². The number of benzene rings is 3. The summed E-state index contributed by atoms with van der Waals surface area (Å²) in [5, 5.41) is 1.53. The minimum Gasteiger partial charge on any atom is -0.366 e. The SMILES string of the molecule is NC(=O)c1cccc2c1c1cccc(Cl)c1n2Cc1c(F)cc(F)cc1F. The van der Waals surface area contributed by atoms with Crippen LogP contribution in [-0.4, -0.2) is 10.5 Å². The normalized spacial score (nSPS) is 11.4. The summed E-state index contributed by atoms with van der Waals surface area (Å²) in [5.74, 6) is -3.62. The molecule has 1 amide bonds. The maximum absolute atomic E-state index is 14.2. The largest absolute Gasteiger partial charge is 0.366 e. The summed E-state index contributed by atoms with van der Waals surface area (Å²) in [5.41, 5.74) is 6.51. The Balaban J connectivity index is 2.09. The Morgan fingerprint density at radius 2 is 1.70 bits per heavy atom. The van der Waals surface area contributed by atoms with Crippen molar-refractivity contribution in [3.8, 4) is 0 Å². The zero-order chi connectivity index (χ0) is 19.3. The minimum absolute atomic E-state index is 0.232. The number of nitrogens with zero attached hydrogens (tertiary/aromatic N) is 1. The number of aromatic nitrogens is 1. The average Bonchev–Trinajstić information content (AvgIpc) is 2.93. The van der Waals surface area contributed by atoms with E-state index < -0.39 is 23.4 Å². The van der Waals surface area contributed by atoms with E-state index in [0.717, 1.165) is 0 Å². The van der Waals surface area contributed by atoms with Gasteiger partial charge in [-0.1, -0.05) is 29.8 Å². The standard InChI is InChI=1S/C20H12ClF3N2O/c21-14-5-1-3-11-18-12(20(25)27)4-2-6-17(18)26(19(11)14)9-13-15(23)7-10(22)8-16(13)24/h1-8H,9H2,(H2,25,27). The van der Waals surface area contributed by atoms with Gasteiger partial charge < -0.3 is 10.3 Å². The van der Waals surface area contributed by atoms with Gasteiger partial charge in [0.15, 0.2) is 0 Å². The summed E-state index contributed by atoms with van der Waals surface area (Å²) < 4.78 is 43.3. The van der Waals surface area contributed by atoms with Gasteiger partial charge in [-0.15, -0.1) is 0 Å². The first-order valence-corrected chi connectivity index (χ1v) is 8.39. The van der Waals surface area contributed by atoms with Crippen LogP contribution in [0, 0.1) is 17.5 Å². The monoisotopic (exact) mass is 388 g/mol. The van der Waals surface area contributed by atoms with Gasteiger partial charge in [-0.05, 0) is 18.2 Å². The van der Waals surface area contributed by atoms with E-state index in [1.54, 1.807) is 41.0 Å². The highest BCUT2D eigenvalue weighted by Gasteiger charge is 2.20. The number of carbonyl (C=O) groups is 1. The molecule has 136 valence electrons. The van der Waals surface area contributed by atoms with Crippen molar-refractivity contribution in [3.05, 3.63) is 82.1 Å². The van der Waals surface area contributed by atoms with Gasteiger partial charge in [-0.25, -0.2) is 13.2 Å². The van der Waals surface area contributed by atoms with Crippen LogP contribution < -0.4 is 5.73 Å². The summed E-state index contributed by atoms with van der Waals surface area (Å²) >= 11 is 6.35. The predicted molar refractivity (Wildman–Crippen MR) is 98.4 cm³/mol. The molecule has 0 fully saturated rings. The van der Waals surface area contributed by atoms with Crippen LogP contribution in [0.3, 0.4) is 0 Å². The van der Waals surface area contributed by atoms with Gasteiger partial charge in [0, 0.05) is 34.0 Å². The van der Waals surface area contributed by atoms with Gasteiger partial charge in [0.2, 0.25) is 5.91 Å². The van der Waals surface area contributed by atoms with Gasteiger partial charge in [0.05, 0.1) is 22.6 Å². The number of nitrogens with two attached hydrogens (primary N) is 1. The van der Waals surface area contributed by atoms with Crippen molar-refractivity contribution in [1.82, 2.24) is 4.57 Å². The van der Waals surface area contributed by atoms with E-state index in [4.69, 9.17) is 17.3 Å². The number of halogens is 4. The van der Waals surface area contributed by atoms with E-state index in [9.17, 15) is 18.0 Å². The summed E-state index contributed by atoms with van der Waals surface area (Å²) in [6, 6.07) is 11.3. The molecule has 1 heterocycles. The average molecular weight is 389 g/mol. The highest BCUT2D eigenvalue weighted by Crippen LogP contribution is 2.36. The number of hydrogen-bond acceptors (Lipinski definition) is 1. The quantitative estimate of drug-likeness (QED) is 0.526. The number of carbonyl (C=O) groups excluding carboxylic acids is 1. The topological polar surface area (TPSA) is 48.0 Å². The Hall–Kier alpha value is -2.99. The zero-order valence-corrected chi connectivity index (χ0v) is 14.5. The molecule has 0 aliphatic heterocycles. The number of primary amides is 1. The molecule has 4 aromatic rings. The van der Waals surface area contributed by atoms with Crippen molar-refractivity contribution in [2.75, 3.05) is 0 Å². The van der Waals surface area contributed by atoms with E-state index in [1.807, 2.05) is 0 Å². The van der Waals surface area contributed by atoms with Crippen molar-refractivity contribution >= 4 is 39.3 Å². The zero-order valence-electron chi connectivity index (χ0n) is 13.8. The minimum atomic E-state index is -0.999. The van der Waals surface area contributed by atoms with Crippen LogP contribution in [-0.2, 0) is 6.54 Å². The second-order valence-electron chi connectivity index (χ2n) is 6.13. The number of fused-ring (bicyclic) bond motifs is 3. The third-order valence-corrected chi connectivity index (χ3v) is 4.85. The van der Waals surface area contributed by atoms with Gasteiger partial charge in [-0.2, -0.15) is 0 Å². The third-order valence-electron chi connectivity index (χ3n) is 4.55. The first-order chi connectivity index (χ1) is 12.9. The van der Waals surface area contributed by atoms with E-state index >= 15 is 0 Å². The smallest absolute Gasteiger partial charge is 0.249 e. The number of rotatable bonds is 3. The van der Waals surface area contributed by atoms with E-state index in [0.29, 0.717) is 39.0 Å². The van der Waals surface area contributed by atoms with Gasteiger partial charge in [0.25, 0.3) is 0 Å². The molecule has 3 aromatic carbocycles. The first-order valence-electron chi connectivity index (χ1n) is 8.01. The Bertz CT molecular complexity index is 1210. The lowest BCUT2D eigenvalue weighted by Gasteiger charge is -2.11. The Morgan fingerprint density at radius 1 is 1.04 bits per heavy atom. The fraction of sp³-hybridized carbons (Fsp3) is 0.0500. The molecule has 0 aliphatic carbocycles. The van der Waals surface area contributed by atoms with E-state index in [2.05, 4.69) is 0 Å². The molecule has 0 atom stereocenters. The molecule has 0 spiro atoms. The lowest BCUT2D eigenvalue weighted by Crippen LogP contribution is -2.11. The van der Waals surface area contributed by atoms with Crippen LogP contribution in [0.5, 0.6) is 0 Å². The molecule has 3 nitrogen and oxygen atoms in total. The van der Waals surface area contributed by atoms with Crippen LogP contribution in [0.2, 0.25) is 5.02 Å². The summed E-state index contributed by atoms with van der Waals surface area (Å²) in [7, 11) is 0. The Morgan fingerprint density at radius 3 is 2.37 bits per heavy atom. The van der Waals surface area contributed by atoms with Crippen molar-refractivity contribution in [1.29, 1.82) is 0 Å². The van der Waals surface area contributed by atoms with Gasteiger partial charge >= 0.3 is 0 Å². The molecule has 1 aromatic heterocycles. The fourth-order valence-corrected chi connectivity index (χ4v) is 3.69. The summed E-state index contributed by atoms with van der Waals surface area (Å²) in [6.07, 6.45) is 0. The maximum Gasteiger partial charge on any atom is 0.249 e. The molecule has 0 saturated heterocycles. The molecule has 0 unspecified atom stereocenters. The summed E-state index contributed by atoms with van der Waals surface area (Å²) in [6.45, 7) is -0.232. The molecular formula is C20H12ClF3N2O. The first kappa shape index (κ1) is 17.4. The molecule has 0 saturated carbocycles. The number of para-hydroxylation sites is 1. The van der Waals surface area contributed by atoms with E-state index in [-0.39, 0.29) is 17.7 Å². The van der Waals surface area contributed by atoms with Crippen molar-refractivity contribution in [3.63, 3.8) is 0 Å². The molecule has 0 radical (unpaired) electrons.